The molecule has 0 amide bonds. The van der Waals surface area contributed by atoms with E-state index in [2.05, 4.69) is 11.4 Å². The van der Waals surface area contributed by atoms with Crippen LogP contribution in [-0.2, 0) is 4.79 Å². The van der Waals surface area contributed by atoms with E-state index in [0.717, 1.165) is 0 Å². The van der Waals surface area contributed by atoms with Crippen molar-refractivity contribution in [3.63, 3.8) is 0 Å². The third-order valence-corrected chi connectivity index (χ3v) is 5.92. The van der Waals surface area contributed by atoms with Gasteiger partial charge in [-0.1, -0.05) is 29.8 Å². The fourth-order valence-corrected chi connectivity index (χ4v) is 4.30. The average molecular weight is 436 g/mol. The number of hydrogen-bond donors (Lipinski definition) is 2. The molecule has 1 atom stereocenters. The fraction of sp³-hybridized carbons (Fsp3) is 0.0455. The van der Waals surface area contributed by atoms with Gasteiger partial charge in [0.15, 0.2) is 6.04 Å². The van der Waals surface area contributed by atoms with Crippen LogP contribution >= 0.6 is 22.9 Å². The lowest BCUT2D eigenvalue weighted by Gasteiger charge is -2.15. The lowest BCUT2D eigenvalue weighted by molar-refractivity contribution is -0.138. The molecular formula is C22H14ClN3O3S. The van der Waals surface area contributed by atoms with E-state index in [1.807, 2.05) is 0 Å². The van der Waals surface area contributed by atoms with Crippen molar-refractivity contribution in [3.05, 3.63) is 92.0 Å². The number of aromatic nitrogens is 1. The number of rotatable bonds is 5. The Morgan fingerprint density at radius 2 is 1.80 bits per heavy atom. The first-order valence-electron chi connectivity index (χ1n) is 8.87. The van der Waals surface area contributed by atoms with E-state index in [4.69, 9.17) is 11.6 Å². The summed E-state index contributed by atoms with van der Waals surface area (Å²) in [5, 5.41) is 23.0. The second-order valence-electron chi connectivity index (χ2n) is 6.48. The van der Waals surface area contributed by atoms with Crippen molar-refractivity contribution < 1.29 is 9.90 Å². The number of nitrogens with one attached hydrogen (secondary N) is 1. The molecule has 6 nitrogen and oxygen atoms in total. The summed E-state index contributed by atoms with van der Waals surface area (Å²) in [6.07, 6.45) is 1.51. The van der Waals surface area contributed by atoms with Gasteiger partial charge in [0, 0.05) is 33.2 Å². The third kappa shape index (κ3) is 3.66. The van der Waals surface area contributed by atoms with Crippen LogP contribution in [0.5, 0.6) is 0 Å². The molecule has 0 aliphatic heterocycles. The number of thiophene rings is 1. The zero-order valence-corrected chi connectivity index (χ0v) is 16.9. The molecule has 0 aliphatic rings. The van der Waals surface area contributed by atoms with E-state index >= 15 is 0 Å². The topological polar surface area (TPSA) is 95.1 Å². The van der Waals surface area contributed by atoms with Gasteiger partial charge >= 0.3 is 5.97 Å². The van der Waals surface area contributed by atoms with Gasteiger partial charge in [0.2, 0.25) is 0 Å². The number of carbonyl (C=O) groups is 1. The van der Waals surface area contributed by atoms with Gasteiger partial charge in [-0.2, -0.15) is 5.26 Å². The highest BCUT2D eigenvalue weighted by molar-refractivity contribution is 7.16. The maximum Gasteiger partial charge on any atom is 0.331 e. The summed E-state index contributed by atoms with van der Waals surface area (Å²) in [5.41, 5.74) is 1.30. The molecule has 0 bridgehead atoms. The number of carboxylic acid groups (broad SMARTS) is 1. The summed E-state index contributed by atoms with van der Waals surface area (Å²) in [7, 11) is 0. The molecule has 0 saturated heterocycles. The molecule has 1 unspecified atom stereocenters. The van der Waals surface area contributed by atoms with Crippen LogP contribution in [0.25, 0.3) is 16.5 Å². The van der Waals surface area contributed by atoms with Crippen LogP contribution in [0, 0.1) is 11.3 Å². The summed E-state index contributed by atoms with van der Waals surface area (Å²) in [6.45, 7) is 0. The largest absolute Gasteiger partial charge is 0.479 e. The molecule has 148 valence electrons. The number of fused-ring (bicyclic) bond motifs is 1. The summed E-state index contributed by atoms with van der Waals surface area (Å²) < 4.78 is 1.93. The first-order chi connectivity index (χ1) is 14.5. The smallest absolute Gasteiger partial charge is 0.331 e. The molecule has 2 heterocycles. The first-order valence-corrected chi connectivity index (χ1v) is 10.1. The Labute approximate surface area is 180 Å². The van der Waals surface area contributed by atoms with Crippen LogP contribution in [0.1, 0.15) is 16.5 Å². The van der Waals surface area contributed by atoms with Crippen LogP contribution in [0.3, 0.4) is 0 Å². The van der Waals surface area contributed by atoms with E-state index in [9.17, 15) is 20.0 Å². The van der Waals surface area contributed by atoms with Gasteiger partial charge in [0.25, 0.3) is 5.56 Å². The number of nitriles is 1. The highest BCUT2D eigenvalue weighted by atomic mass is 35.5. The zero-order chi connectivity index (χ0) is 21.3. The molecule has 0 radical (unpaired) electrons. The van der Waals surface area contributed by atoms with Crippen LogP contribution in [0.4, 0.5) is 5.69 Å². The average Bonchev–Trinajstić information content (AvgIpc) is 3.18. The Morgan fingerprint density at radius 1 is 1.10 bits per heavy atom. The lowest BCUT2D eigenvalue weighted by Crippen LogP contribution is -2.20. The minimum Gasteiger partial charge on any atom is -0.479 e. The van der Waals surface area contributed by atoms with Gasteiger partial charge in [-0.15, -0.1) is 11.3 Å². The van der Waals surface area contributed by atoms with E-state index in [1.165, 1.54) is 22.1 Å². The molecule has 4 rings (SSSR count). The zero-order valence-electron chi connectivity index (χ0n) is 15.4. The number of halogens is 1. The number of benzene rings is 2. The lowest BCUT2D eigenvalue weighted by atomic mass is 10.1. The predicted molar refractivity (Wildman–Crippen MR) is 118 cm³/mol. The highest BCUT2D eigenvalue weighted by Crippen LogP contribution is 2.30. The van der Waals surface area contributed by atoms with E-state index < -0.39 is 12.0 Å². The summed E-state index contributed by atoms with van der Waals surface area (Å²) in [5.74, 6) is -1.03. The van der Waals surface area contributed by atoms with Gasteiger partial charge in [-0.3, -0.25) is 9.36 Å². The first kappa shape index (κ1) is 19.7. The maximum atomic E-state index is 12.9. The molecule has 30 heavy (non-hydrogen) atoms. The number of nitrogens with zero attached hydrogens (tertiary/aromatic N) is 2. The Bertz CT molecular complexity index is 1350. The minimum atomic E-state index is -1.03. The fourth-order valence-electron chi connectivity index (χ4n) is 3.20. The van der Waals surface area contributed by atoms with Crippen LogP contribution in [0.15, 0.2) is 71.7 Å². The van der Waals surface area contributed by atoms with Gasteiger partial charge in [-0.05, 0) is 42.5 Å². The number of anilines is 1. The molecule has 0 aliphatic carbocycles. The maximum absolute atomic E-state index is 12.9. The number of hydrogen-bond acceptors (Lipinski definition) is 5. The monoisotopic (exact) mass is 435 g/mol. The Balaban J connectivity index is 1.69. The summed E-state index contributed by atoms with van der Waals surface area (Å²) in [6, 6.07) is 18.3. The molecule has 2 aromatic heterocycles. The molecule has 2 N–H and O–H groups in total. The normalized spacial score (nSPS) is 11.7. The van der Waals surface area contributed by atoms with Gasteiger partial charge in [-0.25, -0.2) is 4.79 Å². The molecule has 8 heteroatoms. The Kier molecular flexibility index (Phi) is 5.27. The van der Waals surface area contributed by atoms with Crippen molar-refractivity contribution in [2.75, 3.05) is 5.32 Å². The summed E-state index contributed by atoms with van der Waals surface area (Å²) in [4.78, 5) is 25.1. The SMILES string of the molecule is N#Cc1cn(-c2ccc(NC(C(=O)O)c3ccc(Cl)s3)cc2)c(=O)c2ccccc12. The molecule has 2 aromatic carbocycles. The van der Waals surface area contributed by atoms with Crippen molar-refractivity contribution in [2.45, 2.75) is 6.04 Å². The van der Waals surface area contributed by atoms with Gasteiger partial charge in [0.1, 0.15) is 6.07 Å². The third-order valence-electron chi connectivity index (χ3n) is 4.63. The van der Waals surface area contributed by atoms with Crippen molar-refractivity contribution in [3.8, 4) is 11.8 Å². The van der Waals surface area contributed by atoms with Crippen molar-refractivity contribution in [1.82, 2.24) is 4.57 Å². The molecule has 0 spiro atoms. The quantitative estimate of drug-likeness (QED) is 0.468. The van der Waals surface area contributed by atoms with Crippen molar-refractivity contribution in [2.24, 2.45) is 0 Å². The van der Waals surface area contributed by atoms with Gasteiger partial charge in [0.05, 0.1) is 9.90 Å². The summed E-state index contributed by atoms with van der Waals surface area (Å²) >= 11 is 7.12. The number of carboxylic acids is 1. The Morgan fingerprint density at radius 3 is 2.40 bits per heavy atom. The van der Waals surface area contributed by atoms with Crippen molar-refractivity contribution >= 4 is 45.4 Å². The minimum absolute atomic E-state index is 0.234. The van der Waals surface area contributed by atoms with E-state index in [1.54, 1.807) is 60.7 Å². The van der Waals surface area contributed by atoms with E-state index in [-0.39, 0.29) is 5.56 Å². The second-order valence-corrected chi connectivity index (χ2v) is 8.23. The van der Waals surface area contributed by atoms with Gasteiger partial charge < -0.3 is 10.4 Å². The van der Waals surface area contributed by atoms with E-state index in [0.29, 0.717) is 36.9 Å². The molecular weight excluding hydrogens is 422 g/mol. The van der Waals surface area contributed by atoms with Crippen LogP contribution < -0.4 is 10.9 Å². The second kappa shape index (κ2) is 8.03. The number of aliphatic carboxylic acids is 1. The predicted octanol–water partition coefficient (Wildman–Crippen LogP) is 4.82. The van der Waals surface area contributed by atoms with Crippen molar-refractivity contribution in [1.29, 1.82) is 5.26 Å². The molecule has 0 saturated carbocycles. The number of pyridine rings is 1. The molecule has 0 fully saturated rings. The highest BCUT2D eigenvalue weighted by Gasteiger charge is 2.21. The van der Waals surface area contributed by atoms with Crippen LogP contribution in [-0.4, -0.2) is 15.6 Å². The van der Waals surface area contributed by atoms with Crippen LogP contribution in [0.2, 0.25) is 4.34 Å². The standard InChI is InChI=1S/C22H14ClN3O3S/c23-19-10-9-18(30-19)20(22(28)29)25-14-5-7-15(8-6-14)26-12-13(11-24)16-3-1-2-4-17(16)21(26)27/h1-10,12,20,25H,(H,28,29). The molecule has 4 aromatic rings. The Hall–Kier alpha value is -3.60.